The summed E-state index contributed by atoms with van der Waals surface area (Å²) < 4.78 is 7.62. The Kier molecular flexibility index (Phi) is 6.11. The van der Waals surface area contributed by atoms with Gasteiger partial charge in [0, 0.05) is 34.8 Å². The largest absolute Gasteiger partial charge is 0.497 e. The van der Waals surface area contributed by atoms with E-state index < -0.39 is 0 Å². The van der Waals surface area contributed by atoms with Crippen molar-refractivity contribution < 1.29 is 4.74 Å². The third-order valence-corrected chi connectivity index (χ3v) is 7.01. The summed E-state index contributed by atoms with van der Waals surface area (Å²) >= 11 is 0. The molecule has 1 aliphatic carbocycles. The molecule has 0 fully saturated rings. The van der Waals surface area contributed by atoms with Gasteiger partial charge in [0.25, 0.3) is 0 Å². The van der Waals surface area contributed by atoms with Crippen LogP contribution in [-0.4, -0.2) is 21.6 Å². The molecule has 0 saturated carbocycles. The number of fused-ring (bicyclic) bond motifs is 2. The topological polar surface area (TPSA) is 75.8 Å². The highest BCUT2D eigenvalue weighted by molar-refractivity contribution is 5.95. The third-order valence-electron chi connectivity index (χ3n) is 7.01. The van der Waals surface area contributed by atoms with Crippen LogP contribution in [0, 0.1) is 11.3 Å². The molecule has 0 saturated heterocycles. The maximum absolute atomic E-state index is 10.1. The fraction of sp³-hybridized carbons (Fsp3) is 0.156. The number of methoxy groups -OCH3 is 1. The third kappa shape index (κ3) is 4.08. The molecule has 0 unspecified atom stereocenters. The quantitative estimate of drug-likeness (QED) is 0.265. The first-order valence-electron chi connectivity index (χ1n) is 12.8. The molecule has 0 spiro atoms. The Hall–Kier alpha value is -4.89. The number of hydrogen-bond donors (Lipinski definition) is 1. The van der Waals surface area contributed by atoms with E-state index in [1.54, 1.807) is 7.11 Å². The molecule has 2 heterocycles. The Morgan fingerprint density at radius 1 is 1.00 bits per heavy atom. The molecule has 6 nitrogen and oxygen atoms in total. The van der Waals surface area contributed by atoms with Crippen LogP contribution in [0.1, 0.15) is 30.2 Å². The van der Waals surface area contributed by atoms with Crippen molar-refractivity contribution in [3.63, 3.8) is 0 Å². The average molecular weight is 498 g/mol. The van der Waals surface area contributed by atoms with Gasteiger partial charge in [-0.05, 0) is 49.6 Å². The lowest BCUT2D eigenvalue weighted by molar-refractivity contribution is 0.415. The zero-order valence-electron chi connectivity index (χ0n) is 21.4. The van der Waals surface area contributed by atoms with Crippen molar-refractivity contribution in [2.24, 2.45) is 0 Å². The Morgan fingerprint density at radius 3 is 2.55 bits per heavy atom. The predicted molar refractivity (Wildman–Crippen MR) is 152 cm³/mol. The first-order chi connectivity index (χ1) is 18.7. The number of aryl methyl sites for hydroxylation is 2. The average Bonchev–Trinajstić information content (AvgIpc) is 3.30. The number of benzene rings is 3. The van der Waals surface area contributed by atoms with Gasteiger partial charge in [0.1, 0.15) is 17.6 Å². The highest BCUT2D eigenvalue weighted by atomic mass is 16.5. The Labute approximate surface area is 221 Å². The highest BCUT2D eigenvalue weighted by Crippen LogP contribution is 2.36. The van der Waals surface area contributed by atoms with E-state index in [1.807, 2.05) is 60.7 Å². The van der Waals surface area contributed by atoms with Crippen LogP contribution in [0.5, 0.6) is 5.75 Å². The Bertz CT molecular complexity index is 1710. The van der Waals surface area contributed by atoms with Crippen molar-refractivity contribution in [2.75, 3.05) is 12.4 Å². The van der Waals surface area contributed by atoms with Gasteiger partial charge in [-0.2, -0.15) is 5.26 Å². The van der Waals surface area contributed by atoms with Crippen molar-refractivity contribution in [3.8, 4) is 34.5 Å². The van der Waals surface area contributed by atoms with Gasteiger partial charge < -0.3 is 14.6 Å². The molecule has 0 atom stereocenters. The summed E-state index contributed by atoms with van der Waals surface area (Å²) in [6.07, 6.45) is 6.15. The minimum atomic E-state index is 0.674. The van der Waals surface area contributed by atoms with E-state index in [9.17, 15) is 5.26 Å². The zero-order chi connectivity index (χ0) is 26.1. The van der Waals surface area contributed by atoms with E-state index in [2.05, 4.69) is 47.2 Å². The lowest BCUT2D eigenvalue weighted by Gasteiger charge is -2.17. The molecule has 0 radical (unpaired) electrons. The smallest absolute Gasteiger partial charge is 0.161 e. The van der Waals surface area contributed by atoms with Crippen molar-refractivity contribution in [3.05, 3.63) is 95.7 Å². The van der Waals surface area contributed by atoms with Crippen LogP contribution in [-0.2, 0) is 13.0 Å². The second kappa shape index (κ2) is 9.87. The maximum Gasteiger partial charge on any atom is 0.161 e. The molecule has 3 aromatic carbocycles. The summed E-state index contributed by atoms with van der Waals surface area (Å²) in [5.74, 6) is 2.29. The molecule has 186 valence electrons. The minimum Gasteiger partial charge on any atom is -0.497 e. The summed E-state index contributed by atoms with van der Waals surface area (Å²) in [5.41, 5.74) is 7.58. The fourth-order valence-electron chi connectivity index (χ4n) is 5.16. The molecule has 0 aliphatic heterocycles. The summed E-state index contributed by atoms with van der Waals surface area (Å²) in [6.45, 7) is 2.83. The van der Waals surface area contributed by atoms with Crippen molar-refractivity contribution >= 4 is 28.5 Å². The SMILES string of the molecule is CCn1c(-c2ccc(Nc3nc(-c4ccccc4)nc4c3C=CCC4)cc2)c(C#N)c2ccc(OC)cc21. The number of nitrogens with one attached hydrogen (secondary N) is 1. The van der Waals surface area contributed by atoms with Gasteiger partial charge in [0.15, 0.2) is 5.82 Å². The number of hydrogen-bond acceptors (Lipinski definition) is 5. The number of nitriles is 1. The van der Waals surface area contributed by atoms with Crippen LogP contribution >= 0.6 is 0 Å². The number of anilines is 2. The summed E-state index contributed by atoms with van der Waals surface area (Å²) in [6, 6.07) is 26.6. The van der Waals surface area contributed by atoms with Gasteiger partial charge >= 0.3 is 0 Å². The van der Waals surface area contributed by atoms with Gasteiger partial charge in [-0.1, -0.05) is 54.6 Å². The first-order valence-corrected chi connectivity index (χ1v) is 12.8. The summed E-state index contributed by atoms with van der Waals surface area (Å²) in [7, 11) is 1.66. The van der Waals surface area contributed by atoms with E-state index in [0.29, 0.717) is 5.56 Å². The first kappa shape index (κ1) is 23.5. The molecular weight excluding hydrogens is 470 g/mol. The van der Waals surface area contributed by atoms with E-state index in [1.165, 1.54) is 0 Å². The summed E-state index contributed by atoms with van der Waals surface area (Å²) in [4.78, 5) is 9.77. The summed E-state index contributed by atoms with van der Waals surface area (Å²) in [5, 5.41) is 14.5. The van der Waals surface area contributed by atoms with Crippen molar-refractivity contribution in [1.82, 2.24) is 14.5 Å². The van der Waals surface area contributed by atoms with Gasteiger partial charge in [-0.25, -0.2) is 9.97 Å². The lowest BCUT2D eigenvalue weighted by atomic mass is 10.0. The van der Waals surface area contributed by atoms with Gasteiger partial charge in [-0.15, -0.1) is 0 Å². The van der Waals surface area contributed by atoms with Crippen LogP contribution in [0.3, 0.4) is 0 Å². The number of ether oxygens (including phenoxy) is 1. The van der Waals surface area contributed by atoms with Crippen molar-refractivity contribution in [1.29, 1.82) is 5.26 Å². The molecule has 0 amide bonds. The maximum atomic E-state index is 10.1. The second-order valence-electron chi connectivity index (χ2n) is 9.23. The highest BCUT2D eigenvalue weighted by Gasteiger charge is 2.19. The van der Waals surface area contributed by atoms with Crippen LogP contribution in [0.2, 0.25) is 0 Å². The van der Waals surface area contributed by atoms with Crippen LogP contribution < -0.4 is 10.1 Å². The molecule has 1 N–H and O–H groups in total. The van der Waals surface area contributed by atoms with Gasteiger partial charge in [-0.3, -0.25) is 0 Å². The minimum absolute atomic E-state index is 0.674. The molecule has 0 bridgehead atoms. The number of nitrogens with zero attached hydrogens (tertiary/aromatic N) is 4. The normalized spacial score (nSPS) is 12.2. The van der Waals surface area contributed by atoms with Crippen LogP contribution in [0.25, 0.3) is 39.6 Å². The lowest BCUT2D eigenvalue weighted by Crippen LogP contribution is -2.07. The Balaban J connectivity index is 1.39. The van der Waals surface area contributed by atoms with E-state index in [-0.39, 0.29) is 0 Å². The zero-order valence-corrected chi connectivity index (χ0v) is 21.4. The van der Waals surface area contributed by atoms with Gasteiger partial charge in [0.05, 0.1) is 29.6 Å². The molecule has 38 heavy (non-hydrogen) atoms. The molecule has 5 aromatic rings. The monoisotopic (exact) mass is 497 g/mol. The van der Waals surface area contributed by atoms with E-state index in [4.69, 9.17) is 14.7 Å². The fourth-order valence-corrected chi connectivity index (χ4v) is 5.16. The van der Waals surface area contributed by atoms with Gasteiger partial charge in [0.2, 0.25) is 0 Å². The Morgan fingerprint density at radius 2 is 1.82 bits per heavy atom. The number of allylic oxidation sites excluding steroid dienone is 1. The standard InChI is InChI=1S/C32H27N5O/c1-3-37-29-19-24(38-2)17-18-25(29)27(20-33)30(37)21-13-15-23(16-14-21)34-32-26-11-7-8-12-28(26)35-31(36-32)22-9-5-4-6-10-22/h4-7,9-11,13-19H,3,8,12H2,1-2H3,(H,34,35,36). The van der Waals surface area contributed by atoms with Crippen molar-refractivity contribution in [2.45, 2.75) is 26.3 Å². The molecule has 6 rings (SSSR count). The van der Waals surface area contributed by atoms with Crippen LogP contribution in [0.4, 0.5) is 11.5 Å². The molecule has 6 heteroatoms. The predicted octanol–water partition coefficient (Wildman–Crippen LogP) is 7.37. The number of rotatable bonds is 6. The molecular formula is C32H27N5O. The van der Waals surface area contributed by atoms with E-state index >= 15 is 0 Å². The van der Waals surface area contributed by atoms with Crippen LogP contribution in [0.15, 0.2) is 78.9 Å². The number of aromatic nitrogens is 3. The molecule has 1 aliphatic rings. The second-order valence-corrected chi connectivity index (χ2v) is 9.23. The van der Waals surface area contributed by atoms with E-state index in [0.717, 1.165) is 81.4 Å². The molecule has 2 aromatic heterocycles.